The highest BCUT2D eigenvalue weighted by molar-refractivity contribution is 6.31. The Morgan fingerprint density at radius 2 is 2.14 bits per heavy atom. The molecule has 76 valence electrons. The third kappa shape index (κ3) is 2.61. The fraction of sp³-hybridized carbons (Fsp3) is 0.222. The molecule has 3 N–H and O–H groups in total. The summed E-state index contributed by atoms with van der Waals surface area (Å²) in [5.74, 6) is -1.33. The number of carboxylic acid groups (broad SMARTS) is 1. The highest BCUT2D eigenvalue weighted by Crippen LogP contribution is 2.22. The van der Waals surface area contributed by atoms with E-state index in [2.05, 4.69) is 0 Å². The number of aliphatic hydroxyl groups excluding tert-OH is 1. The quantitative estimate of drug-likeness (QED) is 0.705. The van der Waals surface area contributed by atoms with Gasteiger partial charge in [0.1, 0.15) is 5.75 Å². The molecule has 0 saturated heterocycles. The maximum atomic E-state index is 10.3. The van der Waals surface area contributed by atoms with E-state index in [0.29, 0.717) is 10.6 Å². The lowest BCUT2D eigenvalue weighted by Gasteiger charge is -2.07. The number of aliphatic hydroxyl groups is 1. The number of benzene rings is 1. The Hall–Kier alpha value is -1.26. The van der Waals surface area contributed by atoms with Crippen LogP contribution in [-0.2, 0) is 11.2 Å². The fourth-order valence-corrected chi connectivity index (χ4v) is 1.21. The molecule has 0 amide bonds. The number of rotatable bonds is 3. The predicted molar refractivity (Wildman–Crippen MR) is 50.5 cm³/mol. The molecule has 0 fully saturated rings. The minimum absolute atomic E-state index is 0.0120. The van der Waals surface area contributed by atoms with E-state index in [4.69, 9.17) is 26.9 Å². The van der Waals surface area contributed by atoms with Gasteiger partial charge in [-0.15, -0.1) is 0 Å². The standard InChI is InChI=1S/C9H9ClO4/c10-7-2-1-6(11)3-5(7)4-8(12)9(13)14/h1-3,8,11-12H,4H2,(H,13,14). The second-order valence-electron chi connectivity index (χ2n) is 2.83. The van der Waals surface area contributed by atoms with Crippen LogP contribution in [0.4, 0.5) is 0 Å². The summed E-state index contributed by atoms with van der Waals surface area (Å²) in [5, 5.41) is 26.9. The van der Waals surface area contributed by atoms with Gasteiger partial charge in [-0.3, -0.25) is 0 Å². The third-order valence-electron chi connectivity index (χ3n) is 1.73. The van der Waals surface area contributed by atoms with Crippen LogP contribution in [0.1, 0.15) is 5.56 Å². The molecule has 1 aromatic carbocycles. The Morgan fingerprint density at radius 3 is 2.71 bits per heavy atom. The van der Waals surface area contributed by atoms with Crippen molar-refractivity contribution in [1.82, 2.24) is 0 Å². The summed E-state index contributed by atoms with van der Waals surface area (Å²) in [6, 6.07) is 4.16. The molecule has 1 aromatic rings. The smallest absolute Gasteiger partial charge is 0.332 e. The number of hydrogen-bond acceptors (Lipinski definition) is 3. The van der Waals surface area contributed by atoms with Crippen LogP contribution < -0.4 is 0 Å². The van der Waals surface area contributed by atoms with E-state index < -0.39 is 12.1 Å². The van der Waals surface area contributed by atoms with Gasteiger partial charge in [0, 0.05) is 11.4 Å². The number of aromatic hydroxyl groups is 1. The molecule has 0 bridgehead atoms. The van der Waals surface area contributed by atoms with E-state index in [1.807, 2.05) is 0 Å². The number of hydrogen-bond donors (Lipinski definition) is 3. The Morgan fingerprint density at radius 1 is 1.50 bits per heavy atom. The Kier molecular flexibility index (Phi) is 3.33. The largest absolute Gasteiger partial charge is 0.508 e. The summed E-state index contributed by atoms with van der Waals surface area (Å²) in [6.45, 7) is 0. The fourth-order valence-electron chi connectivity index (χ4n) is 1.01. The summed E-state index contributed by atoms with van der Waals surface area (Å²) >= 11 is 5.73. The monoisotopic (exact) mass is 216 g/mol. The van der Waals surface area contributed by atoms with Crippen LogP contribution in [-0.4, -0.2) is 27.4 Å². The number of phenolic OH excluding ortho intramolecular Hbond substituents is 1. The SMILES string of the molecule is O=C(O)C(O)Cc1cc(O)ccc1Cl. The van der Waals surface area contributed by atoms with Crippen LogP contribution in [0, 0.1) is 0 Å². The van der Waals surface area contributed by atoms with Crippen molar-refractivity contribution in [2.45, 2.75) is 12.5 Å². The van der Waals surface area contributed by atoms with E-state index in [1.165, 1.54) is 18.2 Å². The van der Waals surface area contributed by atoms with Crippen molar-refractivity contribution < 1.29 is 20.1 Å². The molecule has 0 aliphatic carbocycles. The normalized spacial score (nSPS) is 12.4. The van der Waals surface area contributed by atoms with E-state index in [1.54, 1.807) is 0 Å². The van der Waals surface area contributed by atoms with Crippen LogP contribution in [0.15, 0.2) is 18.2 Å². The number of carboxylic acids is 1. The third-order valence-corrected chi connectivity index (χ3v) is 2.10. The van der Waals surface area contributed by atoms with Gasteiger partial charge in [0.25, 0.3) is 0 Å². The highest BCUT2D eigenvalue weighted by Gasteiger charge is 2.15. The van der Waals surface area contributed by atoms with Gasteiger partial charge in [0.05, 0.1) is 0 Å². The lowest BCUT2D eigenvalue weighted by atomic mass is 10.1. The maximum Gasteiger partial charge on any atom is 0.332 e. The molecule has 0 radical (unpaired) electrons. The van der Waals surface area contributed by atoms with Gasteiger partial charge >= 0.3 is 5.97 Å². The van der Waals surface area contributed by atoms with Gasteiger partial charge in [-0.2, -0.15) is 0 Å². The zero-order valence-corrected chi connectivity index (χ0v) is 7.90. The molecule has 0 heterocycles. The van der Waals surface area contributed by atoms with Crippen LogP contribution in [0.5, 0.6) is 5.75 Å². The minimum atomic E-state index is -1.51. The van der Waals surface area contributed by atoms with Crippen molar-refractivity contribution >= 4 is 17.6 Å². The molecule has 1 atom stereocenters. The van der Waals surface area contributed by atoms with Crippen molar-refractivity contribution in [3.8, 4) is 5.75 Å². The van der Waals surface area contributed by atoms with E-state index in [9.17, 15) is 4.79 Å². The highest BCUT2D eigenvalue weighted by atomic mass is 35.5. The number of carbonyl (C=O) groups is 1. The van der Waals surface area contributed by atoms with Gasteiger partial charge in [0.15, 0.2) is 6.10 Å². The Balaban J connectivity index is 2.85. The second-order valence-corrected chi connectivity index (χ2v) is 3.24. The second kappa shape index (κ2) is 4.30. The van der Waals surface area contributed by atoms with Crippen LogP contribution in [0.3, 0.4) is 0 Å². The molecular weight excluding hydrogens is 208 g/mol. The average molecular weight is 217 g/mol. The van der Waals surface area contributed by atoms with E-state index in [0.717, 1.165) is 0 Å². The van der Waals surface area contributed by atoms with E-state index in [-0.39, 0.29) is 12.2 Å². The lowest BCUT2D eigenvalue weighted by Crippen LogP contribution is -2.22. The van der Waals surface area contributed by atoms with Gasteiger partial charge < -0.3 is 15.3 Å². The first kappa shape index (κ1) is 10.8. The Labute approximate surface area is 85.4 Å². The average Bonchev–Trinajstić information content (AvgIpc) is 2.11. The summed E-state index contributed by atoms with van der Waals surface area (Å²) in [6.07, 6.45) is -1.63. The number of phenols is 1. The zero-order valence-electron chi connectivity index (χ0n) is 7.14. The first-order chi connectivity index (χ1) is 6.50. The van der Waals surface area contributed by atoms with Gasteiger partial charge in [-0.1, -0.05) is 11.6 Å². The molecule has 1 unspecified atom stereocenters. The lowest BCUT2D eigenvalue weighted by molar-refractivity contribution is -0.146. The molecular formula is C9H9ClO4. The van der Waals surface area contributed by atoms with E-state index >= 15 is 0 Å². The molecule has 0 aliphatic rings. The summed E-state index contributed by atoms with van der Waals surface area (Å²) in [4.78, 5) is 10.3. The zero-order chi connectivity index (χ0) is 10.7. The van der Waals surface area contributed by atoms with Crippen LogP contribution >= 0.6 is 11.6 Å². The molecule has 0 spiro atoms. The van der Waals surface area contributed by atoms with Gasteiger partial charge in [-0.05, 0) is 23.8 Å². The van der Waals surface area contributed by atoms with Crippen LogP contribution in [0.25, 0.3) is 0 Å². The molecule has 0 aliphatic heterocycles. The molecule has 4 nitrogen and oxygen atoms in total. The topological polar surface area (TPSA) is 77.8 Å². The van der Waals surface area contributed by atoms with Crippen molar-refractivity contribution in [2.24, 2.45) is 0 Å². The molecule has 1 rings (SSSR count). The molecule has 5 heteroatoms. The molecule has 0 aromatic heterocycles. The van der Waals surface area contributed by atoms with Crippen molar-refractivity contribution in [3.63, 3.8) is 0 Å². The summed E-state index contributed by atoms with van der Waals surface area (Å²) in [7, 11) is 0. The minimum Gasteiger partial charge on any atom is -0.508 e. The maximum absolute atomic E-state index is 10.3. The predicted octanol–water partition coefficient (Wildman–Crippen LogP) is 1.03. The van der Waals surface area contributed by atoms with Gasteiger partial charge in [-0.25, -0.2) is 4.79 Å². The van der Waals surface area contributed by atoms with Crippen molar-refractivity contribution in [3.05, 3.63) is 28.8 Å². The first-order valence-corrected chi connectivity index (χ1v) is 4.26. The molecule has 14 heavy (non-hydrogen) atoms. The summed E-state index contributed by atoms with van der Waals surface area (Å²) in [5.41, 5.74) is 0.404. The van der Waals surface area contributed by atoms with Crippen molar-refractivity contribution in [1.29, 1.82) is 0 Å². The number of aliphatic carboxylic acids is 1. The summed E-state index contributed by atoms with van der Waals surface area (Å²) < 4.78 is 0. The molecule has 0 saturated carbocycles. The van der Waals surface area contributed by atoms with Crippen molar-refractivity contribution in [2.75, 3.05) is 0 Å². The van der Waals surface area contributed by atoms with Gasteiger partial charge in [0.2, 0.25) is 0 Å². The Bertz CT molecular complexity index is 351. The first-order valence-electron chi connectivity index (χ1n) is 3.89. The van der Waals surface area contributed by atoms with Crippen LogP contribution in [0.2, 0.25) is 5.02 Å². The number of halogens is 1.